The predicted molar refractivity (Wildman–Crippen MR) is 36.4 cm³/mol. The first kappa shape index (κ1) is 16.9. The summed E-state index contributed by atoms with van der Waals surface area (Å²) in [4.78, 5) is 0. The third kappa shape index (κ3) is 17.7. The average Bonchev–Trinajstić information content (AvgIpc) is 1.69. The predicted octanol–water partition coefficient (Wildman–Crippen LogP) is -0.196. The molecule has 0 aromatic rings. The molecule has 0 spiro atoms. The first-order chi connectivity index (χ1) is 3.41. The van der Waals surface area contributed by atoms with E-state index in [1.54, 1.807) is 0 Å². The Morgan fingerprint density at radius 1 is 0.778 bits per heavy atom. The Morgan fingerprint density at radius 2 is 1.11 bits per heavy atom. The minimum atomic E-state index is 0. The summed E-state index contributed by atoms with van der Waals surface area (Å²) in [6, 6.07) is 0. The van der Waals surface area contributed by atoms with E-state index in [1.165, 1.54) is 32.1 Å². The van der Waals surface area contributed by atoms with Crippen molar-refractivity contribution in [1.82, 2.24) is 0 Å². The van der Waals surface area contributed by atoms with Gasteiger partial charge in [-0.1, -0.05) is 46.0 Å². The number of hydrogen-bond acceptors (Lipinski definition) is 1. The van der Waals surface area contributed by atoms with Gasteiger partial charge in [0, 0.05) is 0 Å². The van der Waals surface area contributed by atoms with Crippen LogP contribution in [0.15, 0.2) is 0 Å². The number of hydrogen-bond donors (Lipinski definition) is 0. The Morgan fingerprint density at radius 3 is 1.33 bits per heavy atom. The van der Waals surface area contributed by atoms with Gasteiger partial charge in [0.2, 0.25) is 0 Å². The molecule has 0 aliphatic heterocycles. The van der Waals surface area contributed by atoms with E-state index in [-0.39, 0.29) is 56.9 Å². The van der Waals surface area contributed by atoms with E-state index < -0.39 is 0 Å². The molecule has 0 radical (unpaired) electrons. The van der Waals surface area contributed by atoms with Crippen LogP contribution in [0.1, 0.15) is 46.0 Å². The molecule has 2 heteroatoms. The van der Waals surface area contributed by atoms with Gasteiger partial charge in [-0.3, -0.25) is 0 Å². The number of rotatable bonds is 4. The Balaban J connectivity index is -0.000000180. The third-order valence-electron chi connectivity index (χ3n) is 1.21. The molecule has 0 saturated carbocycles. The van der Waals surface area contributed by atoms with Crippen LogP contribution in [0.3, 0.4) is 0 Å². The molecule has 0 amide bonds. The molecular formula is C7H17KO. The second-order valence-electron chi connectivity index (χ2n) is 2.06. The molecule has 0 heterocycles. The molecule has 0 bridgehead atoms. The maximum atomic E-state index is 2.25. The molecule has 0 unspecified atom stereocenters. The minimum absolute atomic E-state index is 0. The zero-order chi connectivity index (χ0) is 5.54. The van der Waals surface area contributed by atoms with Gasteiger partial charge in [0.05, 0.1) is 0 Å². The van der Waals surface area contributed by atoms with Crippen molar-refractivity contribution >= 4 is 0 Å². The van der Waals surface area contributed by atoms with Gasteiger partial charge in [-0.2, -0.15) is 0 Å². The van der Waals surface area contributed by atoms with Crippen LogP contribution in [0, 0.1) is 0 Å². The van der Waals surface area contributed by atoms with Gasteiger partial charge in [0.25, 0.3) is 0 Å². The zero-order valence-corrected chi connectivity index (χ0v) is 10.1. The van der Waals surface area contributed by atoms with Crippen molar-refractivity contribution in [2.45, 2.75) is 46.0 Å². The Bertz CT molecular complexity index is 28.1. The molecule has 9 heavy (non-hydrogen) atoms. The maximum absolute atomic E-state index is 2.25. The van der Waals surface area contributed by atoms with E-state index >= 15 is 0 Å². The summed E-state index contributed by atoms with van der Waals surface area (Å²) in [5.74, 6) is 0. The third-order valence-corrected chi connectivity index (χ3v) is 1.21. The SMILES string of the molecule is CCCCCCC.[K+].[OH-]. The van der Waals surface area contributed by atoms with Crippen LogP contribution in [-0.2, 0) is 0 Å². The van der Waals surface area contributed by atoms with Crippen LogP contribution >= 0.6 is 0 Å². The van der Waals surface area contributed by atoms with Crippen molar-refractivity contribution in [2.24, 2.45) is 0 Å². The first-order valence-electron chi connectivity index (χ1n) is 3.41. The van der Waals surface area contributed by atoms with Crippen molar-refractivity contribution in [3.8, 4) is 0 Å². The van der Waals surface area contributed by atoms with Crippen LogP contribution in [0.4, 0.5) is 0 Å². The van der Waals surface area contributed by atoms with Crippen LogP contribution in [0.25, 0.3) is 0 Å². The first-order valence-corrected chi connectivity index (χ1v) is 3.41. The second-order valence-corrected chi connectivity index (χ2v) is 2.06. The molecule has 0 fully saturated rings. The monoisotopic (exact) mass is 156 g/mol. The molecule has 1 N–H and O–H groups in total. The van der Waals surface area contributed by atoms with E-state index in [2.05, 4.69) is 13.8 Å². The van der Waals surface area contributed by atoms with E-state index in [4.69, 9.17) is 0 Å². The fourth-order valence-corrected chi connectivity index (χ4v) is 0.677. The molecule has 0 atom stereocenters. The van der Waals surface area contributed by atoms with Crippen molar-refractivity contribution in [3.63, 3.8) is 0 Å². The zero-order valence-electron chi connectivity index (χ0n) is 6.98. The van der Waals surface area contributed by atoms with Gasteiger partial charge in [-0.15, -0.1) is 0 Å². The largest absolute Gasteiger partial charge is 1.00 e. The Labute approximate surface area is 101 Å². The van der Waals surface area contributed by atoms with Gasteiger partial charge < -0.3 is 5.48 Å². The molecule has 0 aromatic heterocycles. The van der Waals surface area contributed by atoms with Crippen LogP contribution < -0.4 is 51.4 Å². The molecular weight excluding hydrogens is 139 g/mol. The van der Waals surface area contributed by atoms with Crippen molar-refractivity contribution in [3.05, 3.63) is 0 Å². The van der Waals surface area contributed by atoms with E-state index in [0.717, 1.165) is 0 Å². The van der Waals surface area contributed by atoms with Crippen molar-refractivity contribution in [2.75, 3.05) is 0 Å². The standard InChI is InChI=1S/C7H16.K.H2O/c1-3-5-7-6-4-2;;/h3-7H2,1-2H3;;1H2/q;+1;/p-1. The average molecular weight is 156 g/mol. The Kier molecular flexibility index (Phi) is 30.6. The van der Waals surface area contributed by atoms with Gasteiger partial charge in [-0.25, -0.2) is 0 Å². The maximum Gasteiger partial charge on any atom is 1.00 e. The second kappa shape index (κ2) is 16.3. The Hall–Kier alpha value is 1.60. The van der Waals surface area contributed by atoms with Gasteiger partial charge in [-0.05, 0) is 0 Å². The summed E-state index contributed by atoms with van der Waals surface area (Å²) in [6.45, 7) is 4.49. The number of unbranched alkanes of at least 4 members (excludes halogenated alkanes) is 4. The molecule has 0 aromatic carbocycles. The summed E-state index contributed by atoms with van der Waals surface area (Å²) in [5.41, 5.74) is 0. The van der Waals surface area contributed by atoms with E-state index in [0.29, 0.717) is 0 Å². The molecule has 0 aliphatic rings. The fourth-order valence-electron chi connectivity index (χ4n) is 0.677. The normalized spacial score (nSPS) is 7.33. The quantitative estimate of drug-likeness (QED) is 0.410. The summed E-state index contributed by atoms with van der Waals surface area (Å²) in [6.07, 6.45) is 7.01. The summed E-state index contributed by atoms with van der Waals surface area (Å²) < 4.78 is 0. The van der Waals surface area contributed by atoms with Gasteiger partial charge in [0.15, 0.2) is 0 Å². The molecule has 0 aliphatic carbocycles. The summed E-state index contributed by atoms with van der Waals surface area (Å²) in [5, 5.41) is 0. The molecule has 0 saturated heterocycles. The van der Waals surface area contributed by atoms with E-state index in [1.807, 2.05) is 0 Å². The smallest absolute Gasteiger partial charge is 0.870 e. The van der Waals surface area contributed by atoms with E-state index in [9.17, 15) is 0 Å². The van der Waals surface area contributed by atoms with Crippen LogP contribution in [0.5, 0.6) is 0 Å². The van der Waals surface area contributed by atoms with Crippen LogP contribution in [-0.4, -0.2) is 5.48 Å². The van der Waals surface area contributed by atoms with Crippen molar-refractivity contribution < 1.29 is 56.9 Å². The van der Waals surface area contributed by atoms with Gasteiger partial charge in [0.1, 0.15) is 0 Å². The molecule has 52 valence electrons. The molecule has 0 rings (SSSR count). The van der Waals surface area contributed by atoms with Gasteiger partial charge >= 0.3 is 51.4 Å². The van der Waals surface area contributed by atoms with Crippen LogP contribution in [0.2, 0.25) is 0 Å². The topological polar surface area (TPSA) is 30.0 Å². The van der Waals surface area contributed by atoms with Crippen molar-refractivity contribution in [1.29, 1.82) is 0 Å². The fraction of sp³-hybridized carbons (Fsp3) is 1.00. The summed E-state index contributed by atoms with van der Waals surface area (Å²) >= 11 is 0. The minimum Gasteiger partial charge on any atom is -0.870 e. The summed E-state index contributed by atoms with van der Waals surface area (Å²) in [7, 11) is 0. The molecule has 1 nitrogen and oxygen atoms in total.